The summed E-state index contributed by atoms with van der Waals surface area (Å²) in [6.45, 7) is 18.1. The third-order valence-corrected chi connectivity index (χ3v) is 2.70. The lowest BCUT2D eigenvalue weighted by Crippen LogP contribution is -2.35. The van der Waals surface area contributed by atoms with E-state index in [1.807, 2.05) is 32.6 Å². The van der Waals surface area contributed by atoms with Crippen molar-refractivity contribution in [2.45, 2.75) is 81.1 Å². The third-order valence-electron chi connectivity index (χ3n) is 2.70. The highest BCUT2D eigenvalue weighted by molar-refractivity contribution is 5.78. The highest BCUT2D eigenvalue weighted by Crippen LogP contribution is 2.16. The van der Waals surface area contributed by atoms with Crippen molar-refractivity contribution in [2.24, 2.45) is 5.92 Å². The highest BCUT2D eigenvalue weighted by Gasteiger charge is 2.20. The second-order valence-electron chi connectivity index (χ2n) is 3.78. The van der Waals surface area contributed by atoms with Crippen LogP contribution in [0.15, 0.2) is 0 Å². The lowest BCUT2D eigenvalue weighted by molar-refractivity contribution is -0.135. The monoisotopic (exact) mass is 259 g/mol. The molecule has 0 saturated carbocycles. The molecule has 0 aliphatic heterocycles. The van der Waals surface area contributed by atoms with Crippen molar-refractivity contribution in [3.63, 3.8) is 0 Å². The van der Waals surface area contributed by atoms with Gasteiger partial charge in [-0.05, 0) is 26.7 Å². The summed E-state index contributed by atoms with van der Waals surface area (Å²) in [5, 5.41) is 0. The first kappa shape index (κ1) is 22.6. The predicted octanol–water partition coefficient (Wildman–Crippen LogP) is 5.12. The number of hydrogen-bond acceptors (Lipinski definition) is 1. The molecule has 1 amide bonds. The molecule has 0 aromatic carbocycles. The van der Waals surface area contributed by atoms with Gasteiger partial charge in [0.2, 0.25) is 5.91 Å². The molecule has 0 heterocycles. The van der Waals surface area contributed by atoms with Crippen LogP contribution < -0.4 is 0 Å². The van der Waals surface area contributed by atoms with Crippen LogP contribution in [-0.2, 0) is 4.79 Å². The van der Waals surface area contributed by atoms with E-state index in [1.54, 1.807) is 0 Å². The Morgan fingerprint density at radius 2 is 1.17 bits per heavy atom. The zero-order chi connectivity index (χ0) is 15.0. The summed E-state index contributed by atoms with van der Waals surface area (Å²) in [4.78, 5) is 14.0. The van der Waals surface area contributed by atoms with Crippen molar-refractivity contribution in [1.82, 2.24) is 4.90 Å². The van der Waals surface area contributed by atoms with Crippen LogP contribution in [-0.4, -0.2) is 23.9 Å². The molecular formula is C16H37NO. The first-order chi connectivity index (χ1) is 8.71. The molecule has 0 aromatic heterocycles. The van der Waals surface area contributed by atoms with Gasteiger partial charge in [0.15, 0.2) is 0 Å². The van der Waals surface area contributed by atoms with Crippen molar-refractivity contribution >= 4 is 5.91 Å². The summed E-state index contributed by atoms with van der Waals surface area (Å²) in [6, 6.07) is 0. The van der Waals surface area contributed by atoms with E-state index in [0.717, 1.165) is 38.8 Å². The minimum atomic E-state index is 0.268. The normalized spacial score (nSPS) is 8.94. The molecule has 0 radical (unpaired) electrons. The average Bonchev–Trinajstić information content (AvgIpc) is 2.44. The fraction of sp³-hybridized carbons (Fsp3) is 0.938. The van der Waals surface area contributed by atoms with Gasteiger partial charge in [0.05, 0.1) is 0 Å². The maximum Gasteiger partial charge on any atom is 0.225 e. The highest BCUT2D eigenvalue weighted by atomic mass is 16.2. The third kappa shape index (κ3) is 10.6. The lowest BCUT2D eigenvalue weighted by Gasteiger charge is -2.24. The number of carbonyl (C=O) groups is 1. The van der Waals surface area contributed by atoms with Crippen LogP contribution in [0.5, 0.6) is 0 Å². The summed E-state index contributed by atoms with van der Waals surface area (Å²) in [7, 11) is 0. The van der Waals surface area contributed by atoms with E-state index in [-0.39, 0.29) is 5.92 Å². The Balaban J connectivity index is -0.000000506. The summed E-state index contributed by atoms with van der Waals surface area (Å²) < 4.78 is 0. The second kappa shape index (κ2) is 18.8. The molecule has 0 spiro atoms. The molecule has 2 heteroatoms. The molecule has 18 heavy (non-hydrogen) atoms. The Bertz CT molecular complexity index is 147. The number of amides is 1. The first-order valence-electron chi connectivity index (χ1n) is 7.99. The summed E-state index contributed by atoms with van der Waals surface area (Å²) in [5.41, 5.74) is 0. The van der Waals surface area contributed by atoms with Gasteiger partial charge in [-0.2, -0.15) is 0 Å². The molecule has 0 atom stereocenters. The number of carbonyl (C=O) groups excluding carboxylic acids is 1. The number of rotatable bonds is 7. The van der Waals surface area contributed by atoms with Gasteiger partial charge in [-0.15, -0.1) is 0 Å². The van der Waals surface area contributed by atoms with Gasteiger partial charge in [0.25, 0.3) is 0 Å². The van der Waals surface area contributed by atoms with Crippen molar-refractivity contribution in [3.8, 4) is 0 Å². The first-order valence-corrected chi connectivity index (χ1v) is 7.99. The van der Waals surface area contributed by atoms with E-state index in [2.05, 4.69) is 27.7 Å². The van der Waals surface area contributed by atoms with Gasteiger partial charge in [0, 0.05) is 19.0 Å². The van der Waals surface area contributed by atoms with Crippen molar-refractivity contribution in [3.05, 3.63) is 0 Å². The quantitative estimate of drug-likeness (QED) is 0.621. The van der Waals surface area contributed by atoms with E-state index in [0.29, 0.717) is 5.91 Å². The SMILES string of the molecule is CC.CC.CCCC(CCC)C(=O)N(CC)CC. The zero-order valence-corrected chi connectivity index (χ0v) is 14.2. The standard InChI is InChI=1S/C12H25NO.2C2H6/c1-5-9-11(10-6-2)12(14)13(7-3)8-4;2*1-2/h11H,5-10H2,1-4H3;2*1-2H3. The fourth-order valence-electron chi connectivity index (χ4n) is 1.88. The molecule has 0 bridgehead atoms. The summed E-state index contributed by atoms with van der Waals surface area (Å²) in [5.74, 6) is 0.628. The van der Waals surface area contributed by atoms with Gasteiger partial charge in [-0.25, -0.2) is 0 Å². The van der Waals surface area contributed by atoms with Crippen LogP contribution in [0, 0.1) is 5.92 Å². The van der Waals surface area contributed by atoms with Crippen molar-refractivity contribution in [1.29, 1.82) is 0 Å². The Morgan fingerprint density at radius 3 is 1.39 bits per heavy atom. The molecule has 0 rings (SSSR count). The smallest absolute Gasteiger partial charge is 0.225 e. The van der Waals surface area contributed by atoms with Gasteiger partial charge in [-0.3, -0.25) is 4.79 Å². The van der Waals surface area contributed by atoms with Gasteiger partial charge in [-0.1, -0.05) is 54.4 Å². The van der Waals surface area contributed by atoms with Crippen LogP contribution in [0.3, 0.4) is 0 Å². The maximum atomic E-state index is 12.0. The second-order valence-corrected chi connectivity index (χ2v) is 3.78. The molecule has 0 fully saturated rings. The molecule has 0 aromatic rings. The molecule has 0 saturated heterocycles. The van der Waals surface area contributed by atoms with Crippen molar-refractivity contribution in [2.75, 3.05) is 13.1 Å². The van der Waals surface area contributed by atoms with Gasteiger partial charge >= 0.3 is 0 Å². The Labute approximate surface area is 116 Å². The molecular weight excluding hydrogens is 222 g/mol. The van der Waals surface area contributed by atoms with E-state index in [9.17, 15) is 4.79 Å². The van der Waals surface area contributed by atoms with Gasteiger partial charge in [0.1, 0.15) is 0 Å². The average molecular weight is 259 g/mol. The van der Waals surface area contributed by atoms with E-state index in [1.165, 1.54) is 0 Å². The molecule has 0 aliphatic carbocycles. The van der Waals surface area contributed by atoms with Crippen LogP contribution in [0.1, 0.15) is 81.1 Å². The van der Waals surface area contributed by atoms with Crippen LogP contribution >= 0.6 is 0 Å². The minimum absolute atomic E-state index is 0.268. The molecule has 112 valence electrons. The largest absolute Gasteiger partial charge is 0.343 e. The molecule has 2 nitrogen and oxygen atoms in total. The topological polar surface area (TPSA) is 20.3 Å². The Kier molecular flexibility index (Phi) is 23.7. The maximum absolute atomic E-state index is 12.0. The fourth-order valence-corrected chi connectivity index (χ4v) is 1.88. The minimum Gasteiger partial charge on any atom is -0.343 e. The predicted molar refractivity (Wildman–Crippen MR) is 83.9 cm³/mol. The van der Waals surface area contributed by atoms with E-state index >= 15 is 0 Å². The molecule has 0 N–H and O–H groups in total. The van der Waals surface area contributed by atoms with Gasteiger partial charge < -0.3 is 4.90 Å². The number of nitrogens with zero attached hydrogens (tertiary/aromatic N) is 1. The van der Waals surface area contributed by atoms with Crippen LogP contribution in [0.4, 0.5) is 0 Å². The number of hydrogen-bond donors (Lipinski definition) is 0. The summed E-state index contributed by atoms with van der Waals surface area (Å²) in [6.07, 6.45) is 4.31. The van der Waals surface area contributed by atoms with Crippen LogP contribution in [0.2, 0.25) is 0 Å². The molecule has 0 aliphatic rings. The Hall–Kier alpha value is -0.530. The van der Waals surface area contributed by atoms with E-state index in [4.69, 9.17) is 0 Å². The lowest BCUT2D eigenvalue weighted by atomic mass is 9.97. The van der Waals surface area contributed by atoms with Crippen LogP contribution in [0.25, 0.3) is 0 Å². The summed E-state index contributed by atoms with van der Waals surface area (Å²) >= 11 is 0. The Morgan fingerprint density at radius 1 is 0.833 bits per heavy atom. The van der Waals surface area contributed by atoms with Crippen molar-refractivity contribution < 1.29 is 4.79 Å². The van der Waals surface area contributed by atoms with E-state index < -0.39 is 0 Å². The molecule has 0 unspecified atom stereocenters. The zero-order valence-electron chi connectivity index (χ0n) is 14.2.